The number of pyridine rings is 1. The molecule has 0 unspecified atom stereocenters. The minimum Gasteiger partial charge on any atom is -0.380 e. The number of fused-ring (bicyclic) bond motifs is 1. The molecule has 0 aliphatic rings. The minimum atomic E-state index is -0.238. The highest BCUT2D eigenvalue weighted by molar-refractivity contribution is 6.34. The predicted molar refractivity (Wildman–Crippen MR) is 107 cm³/mol. The number of aromatic nitrogens is 3. The van der Waals surface area contributed by atoms with Crippen molar-refractivity contribution in [2.45, 2.75) is 6.54 Å². The third-order valence-electron chi connectivity index (χ3n) is 4.18. The number of carbonyl (C=O) groups excluding carboxylic acids is 1. The number of anilines is 2. The highest BCUT2D eigenvalue weighted by atomic mass is 35.5. The van der Waals surface area contributed by atoms with Crippen LogP contribution in [0, 0.1) is 0 Å². The smallest absolute Gasteiger partial charge is 0.257 e. The lowest BCUT2D eigenvalue weighted by atomic mass is 10.1. The monoisotopic (exact) mass is 377 g/mol. The van der Waals surface area contributed by atoms with E-state index in [4.69, 9.17) is 11.6 Å². The lowest BCUT2D eigenvalue weighted by molar-refractivity contribution is 0.102. The Labute approximate surface area is 160 Å². The summed E-state index contributed by atoms with van der Waals surface area (Å²) in [6.45, 7) is 0.592. The first-order valence-electron chi connectivity index (χ1n) is 8.36. The average Bonchev–Trinajstić information content (AvgIpc) is 3.14. The van der Waals surface area contributed by atoms with Gasteiger partial charge < -0.3 is 10.6 Å². The van der Waals surface area contributed by atoms with Crippen LogP contribution in [0.15, 0.2) is 67.1 Å². The van der Waals surface area contributed by atoms with Crippen molar-refractivity contribution < 1.29 is 4.79 Å². The van der Waals surface area contributed by atoms with Crippen LogP contribution >= 0.6 is 11.6 Å². The van der Waals surface area contributed by atoms with E-state index in [1.807, 2.05) is 30.3 Å². The van der Waals surface area contributed by atoms with Gasteiger partial charge in [-0.05, 0) is 42.0 Å². The molecule has 4 aromatic rings. The van der Waals surface area contributed by atoms with Crippen molar-refractivity contribution in [3.63, 3.8) is 0 Å². The summed E-state index contributed by atoms with van der Waals surface area (Å²) in [5.41, 5.74) is 3.72. The van der Waals surface area contributed by atoms with Gasteiger partial charge in [-0.25, -0.2) is 0 Å². The molecule has 0 radical (unpaired) electrons. The zero-order chi connectivity index (χ0) is 18.6. The molecule has 0 saturated carbocycles. The molecule has 2 aromatic heterocycles. The van der Waals surface area contributed by atoms with Gasteiger partial charge in [0.05, 0.1) is 28.0 Å². The van der Waals surface area contributed by atoms with Crippen LogP contribution in [0.4, 0.5) is 11.4 Å². The fourth-order valence-corrected chi connectivity index (χ4v) is 2.99. The molecule has 0 atom stereocenters. The second-order valence-electron chi connectivity index (χ2n) is 6.00. The Morgan fingerprint density at radius 1 is 1.07 bits per heavy atom. The van der Waals surface area contributed by atoms with Crippen LogP contribution in [-0.2, 0) is 6.54 Å². The van der Waals surface area contributed by atoms with E-state index >= 15 is 0 Å². The van der Waals surface area contributed by atoms with Gasteiger partial charge in [-0.1, -0.05) is 23.7 Å². The minimum absolute atomic E-state index is 0.238. The van der Waals surface area contributed by atoms with E-state index in [9.17, 15) is 4.79 Å². The average molecular weight is 378 g/mol. The summed E-state index contributed by atoms with van der Waals surface area (Å²) in [5, 5.41) is 14.3. The summed E-state index contributed by atoms with van der Waals surface area (Å²) in [5.74, 6) is -0.238. The number of H-pyrrole nitrogens is 1. The number of nitrogens with one attached hydrogen (secondary N) is 3. The normalized spacial score (nSPS) is 10.7. The number of aromatic amines is 1. The fraction of sp³-hybridized carbons (Fsp3) is 0.0500. The van der Waals surface area contributed by atoms with Gasteiger partial charge in [0.25, 0.3) is 5.91 Å². The molecular formula is C20H16ClN5O. The van der Waals surface area contributed by atoms with Crippen LogP contribution in [-0.4, -0.2) is 21.1 Å². The van der Waals surface area contributed by atoms with E-state index in [1.165, 1.54) is 0 Å². The Balaban J connectivity index is 1.55. The maximum absolute atomic E-state index is 12.8. The van der Waals surface area contributed by atoms with Crippen LogP contribution < -0.4 is 10.6 Å². The SMILES string of the molecule is O=C(Nc1cc2cn[nH]c2cc1Cl)c1ccccc1NCc1ccncc1. The molecule has 0 spiro atoms. The Kier molecular flexibility index (Phi) is 4.72. The predicted octanol–water partition coefficient (Wildman–Crippen LogP) is 4.48. The Morgan fingerprint density at radius 2 is 1.89 bits per heavy atom. The zero-order valence-corrected chi connectivity index (χ0v) is 15.0. The van der Waals surface area contributed by atoms with Crippen molar-refractivity contribution in [3.8, 4) is 0 Å². The fourth-order valence-electron chi connectivity index (χ4n) is 2.78. The van der Waals surface area contributed by atoms with Gasteiger partial charge in [-0.3, -0.25) is 14.9 Å². The number of nitrogens with zero attached hydrogens (tertiary/aromatic N) is 2. The quantitative estimate of drug-likeness (QED) is 0.479. The summed E-state index contributed by atoms with van der Waals surface area (Å²) < 4.78 is 0. The summed E-state index contributed by atoms with van der Waals surface area (Å²) >= 11 is 6.29. The molecule has 27 heavy (non-hydrogen) atoms. The number of halogens is 1. The summed E-state index contributed by atoms with van der Waals surface area (Å²) in [7, 11) is 0. The number of hydrogen-bond acceptors (Lipinski definition) is 4. The molecule has 3 N–H and O–H groups in total. The Bertz CT molecular complexity index is 1090. The van der Waals surface area contributed by atoms with Gasteiger partial charge in [-0.15, -0.1) is 0 Å². The molecule has 0 bridgehead atoms. The lowest BCUT2D eigenvalue weighted by Gasteiger charge is -2.13. The molecule has 4 rings (SSSR count). The highest BCUT2D eigenvalue weighted by Gasteiger charge is 2.13. The summed E-state index contributed by atoms with van der Waals surface area (Å²) in [6.07, 6.45) is 5.17. The van der Waals surface area contributed by atoms with E-state index in [0.29, 0.717) is 22.8 Å². The number of amides is 1. The van der Waals surface area contributed by atoms with Gasteiger partial charge in [0.2, 0.25) is 0 Å². The number of hydrogen-bond donors (Lipinski definition) is 3. The number of carbonyl (C=O) groups is 1. The number of para-hydroxylation sites is 1. The van der Waals surface area contributed by atoms with Crippen molar-refractivity contribution in [2.75, 3.05) is 10.6 Å². The first-order chi connectivity index (χ1) is 13.2. The van der Waals surface area contributed by atoms with Crippen LogP contribution in [0.1, 0.15) is 15.9 Å². The molecule has 7 heteroatoms. The van der Waals surface area contributed by atoms with Crippen molar-refractivity contribution in [1.29, 1.82) is 0 Å². The Hall–Kier alpha value is -3.38. The van der Waals surface area contributed by atoms with Crippen molar-refractivity contribution in [3.05, 3.63) is 83.3 Å². The van der Waals surface area contributed by atoms with Gasteiger partial charge in [-0.2, -0.15) is 5.10 Å². The molecule has 0 fully saturated rings. The topological polar surface area (TPSA) is 82.7 Å². The highest BCUT2D eigenvalue weighted by Crippen LogP contribution is 2.28. The summed E-state index contributed by atoms with van der Waals surface area (Å²) in [6, 6.07) is 14.7. The second kappa shape index (κ2) is 7.47. The number of rotatable bonds is 5. The van der Waals surface area contributed by atoms with E-state index in [2.05, 4.69) is 25.8 Å². The molecular weight excluding hydrogens is 362 g/mol. The standard InChI is InChI=1S/C20H16ClN5O/c21-16-10-18-14(12-24-26-18)9-19(16)25-20(27)15-3-1-2-4-17(15)23-11-13-5-7-22-8-6-13/h1-10,12,23H,11H2,(H,24,26)(H,25,27). The molecule has 0 aliphatic carbocycles. The summed E-state index contributed by atoms with van der Waals surface area (Å²) in [4.78, 5) is 16.8. The van der Waals surface area contributed by atoms with Crippen molar-refractivity contribution in [1.82, 2.24) is 15.2 Å². The van der Waals surface area contributed by atoms with E-state index < -0.39 is 0 Å². The molecule has 0 aliphatic heterocycles. The first kappa shape index (κ1) is 17.1. The molecule has 6 nitrogen and oxygen atoms in total. The van der Waals surface area contributed by atoms with Crippen LogP contribution in [0.2, 0.25) is 5.02 Å². The first-order valence-corrected chi connectivity index (χ1v) is 8.74. The molecule has 2 heterocycles. The van der Waals surface area contributed by atoms with Gasteiger partial charge in [0.15, 0.2) is 0 Å². The lowest BCUT2D eigenvalue weighted by Crippen LogP contribution is -2.15. The molecule has 2 aromatic carbocycles. The zero-order valence-electron chi connectivity index (χ0n) is 14.2. The van der Waals surface area contributed by atoms with Crippen molar-refractivity contribution >= 4 is 39.8 Å². The Morgan fingerprint density at radius 3 is 2.74 bits per heavy atom. The van der Waals surface area contributed by atoms with E-state index in [0.717, 1.165) is 22.2 Å². The van der Waals surface area contributed by atoms with Crippen LogP contribution in [0.5, 0.6) is 0 Å². The van der Waals surface area contributed by atoms with Crippen molar-refractivity contribution in [2.24, 2.45) is 0 Å². The number of benzene rings is 2. The maximum atomic E-state index is 12.8. The van der Waals surface area contributed by atoms with Crippen LogP contribution in [0.3, 0.4) is 0 Å². The van der Waals surface area contributed by atoms with E-state index in [1.54, 1.807) is 36.8 Å². The van der Waals surface area contributed by atoms with Crippen LogP contribution in [0.25, 0.3) is 10.9 Å². The van der Waals surface area contributed by atoms with Gasteiger partial charge >= 0.3 is 0 Å². The molecule has 134 valence electrons. The molecule has 0 saturated heterocycles. The van der Waals surface area contributed by atoms with Gasteiger partial charge in [0, 0.05) is 30.0 Å². The third kappa shape index (κ3) is 3.75. The van der Waals surface area contributed by atoms with Gasteiger partial charge in [0.1, 0.15) is 0 Å². The molecule has 1 amide bonds. The largest absolute Gasteiger partial charge is 0.380 e. The third-order valence-corrected chi connectivity index (χ3v) is 4.49. The van der Waals surface area contributed by atoms with E-state index in [-0.39, 0.29) is 5.91 Å². The second-order valence-corrected chi connectivity index (χ2v) is 6.41. The maximum Gasteiger partial charge on any atom is 0.257 e.